The first-order valence-corrected chi connectivity index (χ1v) is 8.59. The largest absolute Gasteiger partial charge is 0.357 e. The van der Waals surface area contributed by atoms with Gasteiger partial charge in [-0.3, -0.25) is 0 Å². The second kappa shape index (κ2) is 7.76. The normalized spacial score (nSPS) is 14.4. The van der Waals surface area contributed by atoms with Crippen LogP contribution in [0.15, 0.2) is 30.5 Å². The summed E-state index contributed by atoms with van der Waals surface area (Å²) in [5.74, 6) is 1.43. The van der Waals surface area contributed by atoms with Gasteiger partial charge in [0.15, 0.2) is 0 Å². The number of piperazine rings is 1. The average Bonchev–Trinajstić information content (AvgIpc) is 2.65. The van der Waals surface area contributed by atoms with E-state index in [1.807, 2.05) is 6.07 Å². The summed E-state index contributed by atoms with van der Waals surface area (Å²) in [5.41, 5.74) is 0.622. The molecule has 1 aliphatic rings. The molecule has 1 aromatic heterocycles. The lowest BCUT2D eigenvalue weighted by Crippen LogP contribution is -2.50. The van der Waals surface area contributed by atoms with Crippen LogP contribution in [0.4, 0.5) is 22.2 Å². The van der Waals surface area contributed by atoms with Crippen molar-refractivity contribution in [3.63, 3.8) is 0 Å². The highest BCUT2D eigenvalue weighted by Gasteiger charge is 2.22. The zero-order valence-corrected chi connectivity index (χ0v) is 15.2. The van der Waals surface area contributed by atoms with Crippen molar-refractivity contribution in [3.8, 4) is 0 Å². The van der Waals surface area contributed by atoms with Gasteiger partial charge in [0.2, 0.25) is 5.95 Å². The minimum atomic E-state index is -0.156. The summed E-state index contributed by atoms with van der Waals surface area (Å²) in [7, 11) is 1.78. The Morgan fingerprint density at radius 3 is 2.56 bits per heavy atom. The van der Waals surface area contributed by atoms with E-state index in [-0.39, 0.29) is 6.03 Å². The topological polar surface area (TPSA) is 73.4 Å². The SMILES string of the molecule is CNc1nccc(N2CCN(C(=O)Nc3ccc(Cl)c(Cl)c3)CC2)n1. The van der Waals surface area contributed by atoms with Crippen molar-refractivity contribution in [2.24, 2.45) is 0 Å². The summed E-state index contributed by atoms with van der Waals surface area (Å²) >= 11 is 11.9. The third-order valence-electron chi connectivity index (χ3n) is 3.93. The second-order valence-electron chi connectivity index (χ2n) is 5.52. The van der Waals surface area contributed by atoms with Crippen LogP contribution in [0.1, 0.15) is 0 Å². The molecule has 132 valence electrons. The smallest absolute Gasteiger partial charge is 0.321 e. The number of halogens is 2. The van der Waals surface area contributed by atoms with Crippen molar-refractivity contribution in [1.82, 2.24) is 14.9 Å². The van der Waals surface area contributed by atoms with Crippen molar-refractivity contribution < 1.29 is 4.79 Å². The van der Waals surface area contributed by atoms with E-state index in [0.717, 1.165) is 5.82 Å². The Bertz CT molecular complexity index is 764. The lowest BCUT2D eigenvalue weighted by Gasteiger charge is -2.35. The van der Waals surface area contributed by atoms with Crippen LogP contribution >= 0.6 is 23.2 Å². The Labute approximate surface area is 155 Å². The number of benzene rings is 1. The van der Waals surface area contributed by atoms with Gasteiger partial charge in [0.1, 0.15) is 5.82 Å². The molecular weight excluding hydrogens is 363 g/mol. The van der Waals surface area contributed by atoms with Gasteiger partial charge in [-0.25, -0.2) is 9.78 Å². The lowest BCUT2D eigenvalue weighted by atomic mass is 10.3. The van der Waals surface area contributed by atoms with Crippen molar-refractivity contribution in [1.29, 1.82) is 0 Å². The maximum atomic E-state index is 12.4. The van der Waals surface area contributed by atoms with Gasteiger partial charge in [-0.1, -0.05) is 23.2 Å². The molecule has 0 atom stereocenters. The minimum Gasteiger partial charge on any atom is -0.357 e. The Morgan fingerprint density at radius 2 is 1.88 bits per heavy atom. The van der Waals surface area contributed by atoms with Gasteiger partial charge in [0, 0.05) is 45.1 Å². The number of nitrogens with zero attached hydrogens (tertiary/aromatic N) is 4. The molecule has 0 saturated carbocycles. The van der Waals surface area contributed by atoms with Crippen LogP contribution in [0, 0.1) is 0 Å². The lowest BCUT2D eigenvalue weighted by molar-refractivity contribution is 0.208. The molecule has 1 aromatic carbocycles. The maximum Gasteiger partial charge on any atom is 0.321 e. The number of urea groups is 1. The molecule has 0 radical (unpaired) electrons. The van der Waals surface area contributed by atoms with Crippen molar-refractivity contribution >= 4 is 46.7 Å². The summed E-state index contributed by atoms with van der Waals surface area (Å²) < 4.78 is 0. The Morgan fingerprint density at radius 1 is 1.12 bits per heavy atom. The third-order valence-corrected chi connectivity index (χ3v) is 4.67. The average molecular weight is 381 g/mol. The zero-order chi connectivity index (χ0) is 17.8. The number of hydrogen-bond acceptors (Lipinski definition) is 5. The zero-order valence-electron chi connectivity index (χ0n) is 13.7. The molecule has 9 heteroatoms. The van der Waals surface area contributed by atoms with E-state index < -0.39 is 0 Å². The molecular formula is C16H18Cl2N6O. The number of hydrogen-bond donors (Lipinski definition) is 2. The van der Waals surface area contributed by atoms with Crippen LogP contribution in [0.3, 0.4) is 0 Å². The highest BCUT2D eigenvalue weighted by molar-refractivity contribution is 6.42. The van der Waals surface area contributed by atoms with E-state index in [9.17, 15) is 4.79 Å². The highest BCUT2D eigenvalue weighted by Crippen LogP contribution is 2.25. The molecule has 0 aliphatic carbocycles. The molecule has 0 bridgehead atoms. The molecule has 1 fully saturated rings. The van der Waals surface area contributed by atoms with Crippen molar-refractivity contribution in [3.05, 3.63) is 40.5 Å². The predicted octanol–water partition coefficient (Wildman–Crippen LogP) is 3.18. The van der Waals surface area contributed by atoms with Crippen LogP contribution in [0.2, 0.25) is 10.0 Å². The summed E-state index contributed by atoms with van der Waals surface area (Å²) in [4.78, 5) is 24.8. The monoisotopic (exact) mass is 380 g/mol. The van der Waals surface area contributed by atoms with Crippen LogP contribution in [-0.2, 0) is 0 Å². The van der Waals surface area contributed by atoms with Crippen LogP contribution in [-0.4, -0.2) is 54.1 Å². The quantitative estimate of drug-likeness (QED) is 0.855. The van der Waals surface area contributed by atoms with Gasteiger partial charge in [-0.15, -0.1) is 0 Å². The minimum absolute atomic E-state index is 0.156. The third kappa shape index (κ3) is 4.24. The number of nitrogens with one attached hydrogen (secondary N) is 2. The summed E-state index contributed by atoms with van der Waals surface area (Å²) in [6, 6.07) is 6.73. The molecule has 2 N–H and O–H groups in total. The van der Waals surface area contributed by atoms with Gasteiger partial charge in [-0.05, 0) is 24.3 Å². The molecule has 25 heavy (non-hydrogen) atoms. The van der Waals surface area contributed by atoms with Crippen LogP contribution in [0.25, 0.3) is 0 Å². The number of carbonyl (C=O) groups excluding carboxylic acids is 1. The molecule has 0 spiro atoms. The number of amides is 2. The van der Waals surface area contributed by atoms with Gasteiger partial charge < -0.3 is 20.4 Å². The second-order valence-corrected chi connectivity index (χ2v) is 6.34. The van der Waals surface area contributed by atoms with E-state index in [4.69, 9.17) is 23.2 Å². The van der Waals surface area contributed by atoms with Crippen molar-refractivity contribution in [2.75, 3.05) is 48.8 Å². The first kappa shape index (κ1) is 17.6. The Balaban J connectivity index is 1.57. The molecule has 1 aliphatic heterocycles. The van der Waals surface area contributed by atoms with Crippen LogP contribution < -0.4 is 15.5 Å². The Hall–Kier alpha value is -2.25. The van der Waals surface area contributed by atoms with E-state index >= 15 is 0 Å². The first-order valence-electron chi connectivity index (χ1n) is 7.83. The summed E-state index contributed by atoms with van der Waals surface area (Å²) in [6.07, 6.45) is 1.72. The molecule has 2 heterocycles. The fourth-order valence-electron chi connectivity index (χ4n) is 2.56. The van der Waals surface area contributed by atoms with Gasteiger partial charge in [0.25, 0.3) is 0 Å². The molecule has 3 rings (SSSR count). The van der Waals surface area contributed by atoms with E-state index in [1.54, 1.807) is 36.3 Å². The van der Waals surface area contributed by atoms with Gasteiger partial charge in [0.05, 0.1) is 10.0 Å². The van der Waals surface area contributed by atoms with Crippen LogP contribution in [0.5, 0.6) is 0 Å². The van der Waals surface area contributed by atoms with E-state index in [2.05, 4.69) is 25.5 Å². The van der Waals surface area contributed by atoms with Crippen molar-refractivity contribution in [2.45, 2.75) is 0 Å². The maximum absolute atomic E-state index is 12.4. The van der Waals surface area contributed by atoms with E-state index in [0.29, 0.717) is 47.9 Å². The standard InChI is InChI=1S/C16H18Cl2N6O/c1-19-15-20-5-4-14(22-15)23-6-8-24(9-7-23)16(25)21-11-2-3-12(17)13(18)10-11/h2-5,10H,6-9H2,1H3,(H,21,25)(H,19,20,22). The fourth-order valence-corrected chi connectivity index (χ4v) is 2.86. The molecule has 7 nitrogen and oxygen atoms in total. The van der Waals surface area contributed by atoms with Gasteiger partial charge in [-0.2, -0.15) is 4.98 Å². The molecule has 0 unspecified atom stereocenters. The first-order chi connectivity index (χ1) is 12.1. The summed E-state index contributed by atoms with van der Waals surface area (Å²) in [5, 5.41) is 6.64. The number of anilines is 3. The summed E-state index contributed by atoms with van der Waals surface area (Å²) in [6.45, 7) is 2.61. The van der Waals surface area contributed by atoms with E-state index in [1.165, 1.54) is 0 Å². The molecule has 2 amide bonds. The predicted molar refractivity (Wildman–Crippen MR) is 101 cm³/mol. The number of aromatic nitrogens is 2. The molecule has 1 saturated heterocycles. The Kier molecular flexibility index (Phi) is 5.45. The number of carbonyl (C=O) groups is 1. The molecule has 2 aromatic rings. The fraction of sp³-hybridized carbons (Fsp3) is 0.312. The van der Waals surface area contributed by atoms with Gasteiger partial charge >= 0.3 is 6.03 Å². The highest BCUT2D eigenvalue weighted by atomic mass is 35.5. The number of rotatable bonds is 3.